The summed E-state index contributed by atoms with van der Waals surface area (Å²) in [4.78, 5) is 0. The molecule has 0 saturated heterocycles. The number of halogens is 1. The number of rotatable bonds is 7. The summed E-state index contributed by atoms with van der Waals surface area (Å²) in [6.07, 6.45) is 14.2. The van der Waals surface area contributed by atoms with E-state index in [1.807, 2.05) is 0 Å². The van der Waals surface area contributed by atoms with Gasteiger partial charge in [-0.25, -0.2) is 0 Å². The Morgan fingerprint density at radius 2 is 1.34 bits per heavy atom. The number of nitriles is 1. The molecule has 0 aromatic rings. The normalized spacial score (nSPS) is 22.8. The molecule has 3 rings (SSSR count). The Hall–Kier alpha value is -0.580. The van der Waals surface area contributed by atoms with Gasteiger partial charge in [-0.2, -0.15) is 5.26 Å². The molecule has 3 aliphatic rings. The van der Waals surface area contributed by atoms with Gasteiger partial charge in [-0.3, -0.25) is 4.39 Å². The van der Waals surface area contributed by atoms with Crippen LogP contribution < -0.4 is 0 Å². The van der Waals surface area contributed by atoms with Crippen molar-refractivity contribution in [3.05, 3.63) is 0 Å². The van der Waals surface area contributed by atoms with Gasteiger partial charge in [-0.05, 0) is 60.7 Å². The summed E-state index contributed by atoms with van der Waals surface area (Å²) >= 11 is 0. The van der Waals surface area contributed by atoms with E-state index in [0.29, 0.717) is 17.8 Å². The van der Waals surface area contributed by atoms with E-state index in [0.717, 1.165) is 36.5 Å². The Labute approximate surface area is 182 Å². The second-order valence-electron chi connectivity index (χ2n) is 11.2. The molecule has 29 heavy (non-hydrogen) atoms. The second-order valence-corrected chi connectivity index (χ2v) is 11.2. The molecule has 0 spiro atoms. The topological polar surface area (TPSA) is 23.8 Å². The first-order chi connectivity index (χ1) is 13.7. The molecule has 0 amide bonds. The lowest BCUT2D eigenvalue weighted by atomic mass is 9.61. The monoisotopic (exact) mass is 407 g/mol. The molecule has 0 bridgehead atoms. The van der Waals surface area contributed by atoms with E-state index in [-0.39, 0.29) is 12.1 Å². The van der Waals surface area contributed by atoms with E-state index in [4.69, 9.17) is 5.26 Å². The van der Waals surface area contributed by atoms with Gasteiger partial charge < -0.3 is 0 Å². The average molecular weight is 408 g/mol. The largest absolute Gasteiger partial charge is 0.250 e. The van der Waals surface area contributed by atoms with Crippen LogP contribution in [0, 0.1) is 51.8 Å². The molecule has 3 saturated carbocycles. The maximum absolute atomic E-state index is 12.3. The Morgan fingerprint density at radius 3 is 1.45 bits per heavy atom. The Kier molecular flexibility index (Phi) is 11.2. The van der Waals surface area contributed by atoms with Crippen LogP contribution in [0.25, 0.3) is 0 Å². The molecule has 3 aliphatic carbocycles. The van der Waals surface area contributed by atoms with E-state index >= 15 is 0 Å². The van der Waals surface area contributed by atoms with Gasteiger partial charge in [0.2, 0.25) is 0 Å². The van der Waals surface area contributed by atoms with Gasteiger partial charge in [0, 0.05) is 11.8 Å². The average Bonchev–Trinajstić information content (AvgIpc) is 2.52. The zero-order chi connectivity index (χ0) is 22.1. The summed E-state index contributed by atoms with van der Waals surface area (Å²) in [7, 11) is 0. The fourth-order valence-electron chi connectivity index (χ4n) is 5.39. The van der Waals surface area contributed by atoms with Gasteiger partial charge >= 0.3 is 0 Å². The molecule has 0 heterocycles. The Balaban J connectivity index is 0.000000219. The van der Waals surface area contributed by atoms with Crippen LogP contribution in [0.2, 0.25) is 0 Å². The zero-order valence-corrected chi connectivity index (χ0v) is 20.7. The van der Waals surface area contributed by atoms with Gasteiger partial charge in [0.05, 0.1) is 12.7 Å². The first kappa shape index (κ1) is 26.5. The van der Waals surface area contributed by atoms with Crippen LogP contribution in [0.5, 0.6) is 0 Å². The van der Waals surface area contributed by atoms with Crippen molar-refractivity contribution in [2.75, 3.05) is 6.67 Å². The molecule has 1 unspecified atom stereocenters. The summed E-state index contributed by atoms with van der Waals surface area (Å²) in [5.41, 5.74) is 0.861. The minimum Gasteiger partial charge on any atom is -0.250 e. The SMILES string of the molecule is CC(C)C(CC#N)C1CCC1.CC(C)C1(CF)CCC1.CCC1(C(C)C)CCC1. The van der Waals surface area contributed by atoms with Crippen molar-refractivity contribution in [2.45, 2.75) is 119 Å². The van der Waals surface area contributed by atoms with Gasteiger partial charge in [0.25, 0.3) is 0 Å². The standard InChI is InChI=1S/C10H17N.C9H18.C8H15F/c1-8(2)10(6-7-11)9-4-3-5-9;1-4-9(8(2)3)6-5-7-9;1-7(2)8(6-9)4-3-5-8/h8-10H,3-6H2,1-2H3;8H,4-7H2,1-3H3;7H,3-6H2,1-2H3. The van der Waals surface area contributed by atoms with Crippen LogP contribution in [0.15, 0.2) is 0 Å². The molecule has 170 valence electrons. The van der Waals surface area contributed by atoms with E-state index < -0.39 is 0 Å². The van der Waals surface area contributed by atoms with Crippen molar-refractivity contribution in [2.24, 2.45) is 40.4 Å². The highest BCUT2D eigenvalue weighted by atomic mass is 19.1. The molecule has 0 aromatic carbocycles. The number of nitrogens with zero attached hydrogens (tertiary/aromatic N) is 1. The van der Waals surface area contributed by atoms with Crippen molar-refractivity contribution in [3.63, 3.8) is 0 Å². The minimum atomic E-state index is -0.106. The van der Waals surface area contributed by atoms with Crippen LogP contribution in [0.3, 0.4) is 0 Å². The predicted octanol–water partition coefficient (Wildman–Crippen LogP) is 8.98. The van der Waals surface area contributed by atoms with Crippen LogP contribution in [-0.2, 0) is 0 Å². The highest BCUT2D eigenvalue weighted by Crippen LogP contribution is 2.49. The van der Waals surface area contributed by atoms with Gasteiger partial charge in [0.1, 0.15) is 0 Å². The molecule has 0 radical (unpaired) electrons. The van der Waals surface area contributed by atoms with E-state index in [9.17, 15) is 4.39 Å². The number of hydrogen-bond acceptors (Lipinski definition) is 1. The number of alkyl halides is 1. The Bertz CT molecular complexity index is 438. The van der Waals surface area contributed by atoms with Crippen LogP contribution in [0.4, 0.5) is 4.39 Å². The van der Waals surface area contributed by atoms with E-state index in [1.54, 1.807) is 0 Å². The molecule has 1 nitrogen and oxygen atoms in total. The van der Waals surface area contributed by atoms with Crippen LogP contribution in [0.1, 0.15) is 119 Å². The lowest BCUT2D eigenvalue weighted by molar-refractivity contribution is 0.0369. The predicted molar refractivity (Wildman–Crippen MR) is 124 cm³/mol. The highest BCUT2D eigenvalue weighted by molar-refractivity contribution is 4.90. The third kappa shape index (κ3) is 6.97. The number of hydrogen-bond donors (Lipinski definition) is 0. The van der Waals surface area contributed by atoms with Crippen LogP contribution in [-0.4, -0.2) is 6.67 Å². The van der Waals surface area contributed by atoms with Gasteiger partial charge in [0.15, 0.2) is 0 Å². The first-order valence-corrected chi connectivity index (χ1v) is 12.6. The smallest absolute Gasteiger partial charge is 0.0953 e. The van der Waals surface area contributed by atoms with Crippen molar-refractivity contribution in [1.29, 1.82) is 5.26 Å². The van der Waals surface area contributed by atoms with E-state index in [2.05, 4.69) is 54.5 Å². The van der Waals surface area contributed by atoms with Crippen molar-refractivity contribution in [3.8, 4) is 6.07 Å². The molecule has 0 aromatic heterocycles. The second kappa shape index (κ2) is 12.3. The Morgan fingerprint density at radius 1 is 0.862 bits per heavy atom. The summed E-state index contributed by atoms with van der Waals surface area (Å²) in [6.45, 7) is 15.7. The molecule has 0 aliphatic heterocycles. The summed E-state index contributed by atoms with van der Waals surface area (Å²) in [6, 6.07) is 2.30. The first-order valence-electron chi connectivity index (χ1n) is 12.6. The quantitative estimate of drug-likeness (QED) is 0.413. The third-order valence-corrected chi connectivity index (χ3v) is 9.06. The maximum atomic E-state index is 12.3. The molecule has 3 fully saturated rings. The molecule has 1 atom stereocenters. The fourth-order valence-corrected chi connectivity index (χ4v) is 5.39. The lowest BCUT2D eigenvalue weighted by Crippen LogP contribution is -2.36. The van der Waals surface area contributed by atoms with Crippen molar-refractivity contribution < 1.29 is 4.39 Å². The summed E-state index contributed by atoms with van der Waals surface area (Å²) in [5, 5.41) is 8.60. The van der Waals surface area contributed by atoms with Gasteiger partial charge in [-0.1, -0.05) is 87.0 Å². The molecular weight excluding hydrogens is 357 g/mol. The minimum absolute atomic E-state index is 0.0972. The molecule has 2 heteroatoms. The van der Waals surface area contributed by atoms with Gasteiger partial charge in [-0.15, -0.1) is 0 Å². The van der Waals surface area contributed by atoms with Crippen LogP contribution >= 0.6 is 0 Å². The maximum Gasteiger partial charge on any atom is 0.0953 e. The van der Waals surface area contributed by atoms with Crippen molar-refractivity contribution >= 4 is 0 Å². The summed E-state index contributed by atoms with van der Waals surface area (Å²) in [5.74, 6) is 3.69. The van der Waals surface area contributed by atoms with E-state index in [1.165, 1.54) is 51.4 Å². The van der Waals surface area contributed by atoms with Crippen molar-refractivity contribution in [1.82, 2.24) is 0 Å². The highest BCUT2D eigenvalue weighted by Gasteiger charge is 2.39. The lowest BCUT2D eigenvalue weighted by Gasteiger charge is -2.45. The summed E-state index contributed by atoms with van der Waals surface area (Å²) < 4.78 is 12.3. The zero-order valence-electron chi connectivity index (χ0n) is 20.7. The fraction of sp³-hybridized carbons (Fsp3) is 0.963. The molecular formula is C27H50FN. The molecule has 0 N–H and O–H groups in total. The third-order valence-electron chi connectivity index (χ3n) is 9.06.